The molecule has 1 aromatic heterocycles. The molecule has 7 heteroatoms. The standard InChI is InChI=1S/C19H24F2N2O3/c20-19(21)6-15(7-19)18(24)23-9-16-14(12-26-17(16)10-23)3-5-25-11-13-2-1-4-22-8-13/h1-2,4,8,14-17H,3,5-7,9-12H2/t14-,16-,17-/m0/s1. The summed E-state index contributed by atoms with van der Waals surface area (Å²) in [4.78, 5) is 18.2. The molecule has 3 heterocycles. The molecular weight excluding hydrogens is 342 g/mol. The van der Waals surface area contributed by atoms with Gasteiger partial charge in [-0.15, -0.1) is 0 Å². The second-order valence-electron chi connectivity index (χ2n) is 7.70. The van der Waals surface area contributed by atoms with Gasteiger partial charge in [0.2, 0.25) is 11.8 Å². The molecule has 0 spiro atoms. The van der Waals surface area contributed by atoms with Crippen LogP contribution >= 0.6 is 0 Å². The number of aromatic nitrogens is 1. The summed E-state index contributed by atoms with van der Waals surface area (Å²) >= 11 is 0. The largest absolute Gasteiger partial charge is 0.377 e. The van der Waals surface area contributed by atoms with Crippen LogP contribution in [0.1, 0.15) is 24.8 Å². The van der Waals surface area contributed by atoms with Crippen LogP contribution in [0, 0.1) is 17.8 Å². The van der Waals surface area contributed by atoms with E-state index in [1.54, 1.807) is 17.3 Å². The van der Waals surface area contributed by atoms with E-state index in [4.69, 9.17) is 9.47 Å². The number of fused-ring (bicyclic) bond motifs is 1. The molecule has 1 saturated carbocycles. The molecule has 0 unspecified atom stereocenters. The molecule has 4 rings (SSSR count). The number of ether oxygens (including phenoxy) is 2. The molecule has 0 radical (unpaired) electrons. The minimum atomic E-state index is -2.65. The highest BCUT2D eigenvalue weighted by atomic mass is 19.3. The lowest BCUT2D eigenvalue weighted by Gasteiger charge is -2.36. The van der Waals surface area contributed by atoms with E-state index in [9.17, 15) is 13.6 Å². The summed E-state index contributed by atoms with van der Waals surface area (Å²) < 4.78 is 37.6. The zero-order valence-corrected chi connectivity index (χ0v) is 14.7. The minimum absolute atomic E-state index is 0.0443. The Morgan fingerprint density at radius 2 is 2.23 bits per heavy atom. The number of carbonyl (C=O) groups is 1. The van der Waals surface area contributed by atoms with Crippen molar-refractivity contribution in [2.75, 3.05) is 26.3 Å². The summed E-state index contributed by atoms with van der Waals surface area (Å²) in [5.41, 5.74) is 1.04. The van der Waals surface area contributed by atoms with Gasteiger partial charge in [-0.25, -0.2) is 8.78 Å². The van der Waals surface area contributed by atoms with Gasteiger partial charge in [0.25, 0.3) is 0 Å². The lowest BCUT2D eigenvalue weighted by Crippen LogP contribution is -2.46. The maximum Gasteiger partial charge on any atom is 0.249 e. The van der Waals surface area contributed by atoms with Crippen molar-refractivity contribution in [1.29, 1.82) is 0 Å². The second-order valence-corrected chi connectivity index (χ2v) is 7.70. The van der Waals surface area contributed by atoms with Gasteiger partial charge in [0, 0.05) is 56.8 Å². The van der Waals surface area contributed by atoms with Crippen LogP contribution in [0.15, 0.2) is 24.5 Å². The van der Waals surface area contributed by atoms with Crippen LogP contribution in [0.4, 0.5) is 8.78 Å². The Hall–Kier alpha value is -1.60. The monoisotopic (exact) mass is 366 g/mol. The van der Waals surface area contributed by atoms with E-state index in [1.807, 2.05) is 12.1 Å². The molecule has 0 aromatic carbocycles. The highest BCUT2D eigenvalue weighted by Gasteiger charge is 2.52. The second kappa shape index (κ2) is 7.19. The van der Waals surface area contributed by atoms with Gasteiger partial charge >= 0.3 is 0 Å². The summed E-state index contributed by atoms with van der Waals surface area (Å²) in [7, 11) is 0. The topological polar surface area (TPSA) is 51.7 Å². The van der Waals surface area contributed by atoms with Gasteiger partial charge in [0.05, 0.1) is 19.3 Å². The molecule has 1 amide bonds. The molecular formula is C19H24F2N2O3. The Labute approximate surface area is 151 Å². The third kappa shape index (κ3) is 3.74. The molecule has 2 saturated heterocycles. The Morgan fingerprint density at radius 3 is 2.96 bits per heavy atom. The summed E-state index contributed by atoms with van der Waals surface area (Å²) in [6, 6.07) is 3.86. The van der Waals surface area contributed by atoms with Gasteiger partial charge < -0.3 is 14.4 Å². The van der Waals surface area contributed by atoms with E-state index in [0.717, 1.165) is 12.0 Å². The van der Waals surface area contributed by atoms with Crippen molar-refractivity contribution in [1.82, 2.24) is 9.88 Å². The first-order valence-corrected chi connectivity index (χ1v) is 9.27. The molecule has 5 nitrogen and oxygen atoms in total. The minimum Gasteiger partial charge on any atom is -0.377 e. The number of rotatable bonds is 6. The third-order valence-corrected chi connectivity index (χ3v) is 5.81. The number of hydrogen-bond donors (Lipinski definition) is 0. The fraction of sp³-hybridized carbons (Fsp3) is 0.684. The summed E-state index contributed by atoms with van der Waals surface area (Å²) in [5.74, 6) is -2.64. The highest BCUT2D eigenvalue weighted by molar-refractivity contribution is 5.80. The Kier molecular flexibility index (Phi) is 4.92. The van der Waals surface area contributed by atoms with Crippen molar-refractivity contribution >= 4 is 5.91 Å². The van der Waals surface area contributed by atoms with Gasteiger partial charge in [0.1, 0.15) is 0 Å². The lowest BCUT2D eigenvalue weighted by molar-refractivity contribution is -0.159. The van der Waals surface area contributed by atoms with Crippen LogP contribution in [-0.2, 0) is 20.9 Å². The molecule has 3 aliphatic rings. The van der Waals surface area contributed by atoms with Crippen LogP contribution in [0.2, 0.25) is 0 Å². The van der Waals surface area contributed by atoms with Gasteiger partial charge in [-0.3, -0.25) is 9.78 Å². The first-order chi connectivity index (χ1) is 12.5. The van der Waals surface area contributed by atoms with Crippen molar-refractivity contribution in [3.8, 4) is 0 Å². The summed E-state index contributed by atoms with van der Waals surface area (Å²) in [6.45, 7) is 3.03. The number of nitrogens with zero attached hydrogens (tertiary/aromatic N) is 2. The van der Waals surface area contributed by atoms with E-state index < -0.39 is 11.8 Å². The summed E-state index contributed by atoms with van der Waals surface area (Å²) in [5, 5.41) is 0. The zero-order chi connectivity index (χ0) is 18.1. The van der Waals surface area contributed by atoms with Crippen molar-refractivity contribution in [3.05, 3.63) is 30.1 Å². The molecule has 142 valence electrons. The van der Waals surface area contributed by atoms with Crippen LogP contribution in [0.25, 0.3) is 0 Å². The zero-order valence-electron chi connectivity index (χ0n) is 14.7. The number of amides is 1. The van der Waals surface area contributed by atoms with E-state index >= 15 is 0 Å². The van der Waals surface area contributed by atoms with E-state index in [-0.39, 0.29) is 24.9 Å². The predicted octanol–water partition coefficient (Wildman–Crippen LogP) is 2.51. The average molecular weight is 366 g/mol. The maximum absolute atomic E-state index is 13.0. The third-order valence-electron chi connectivity index (χ3n) is 5.81. The average Bonchev–Trinajstić information content (AvgIpc) is 3.18. The fourth-order valence-corrected chi connectivity index (χ4v) is 4.28. The fourth-order valence-electron chi connectivity index (χ4n) is 4.28. The number of pyridine rings is 1. The van der Waals surface area contributed by atoms with Gasteiger partial charge in [-0.2, -0.15) is 0 Å². The number of carbonyl (C=O) groups excluding carboxylic acids is 1. The molecule has 3 fully saturated rings. The van der Waals surface area contributed by atoms with Crippen LogP contribution in [0.5, 0.6) is 0 Å². The predicted molar refractivity (Wildman–Crippen MR) is 89.5 cm³/mol. The number of halogens is 2. The van der Waals surface area contributed by atoms with Crippen molar-refractivity contribution in [2.24, 2.45) is 17.8 Å². The van der Waals surface area contributed by atoms with Crippen molar-refractivity contribution in [2.45, 2.75) is 37.9 Å². The lowest BCUT2D eigenvalue weighted by atomic mass is 9.80. The van der Waals surface area contributed by atoms with Crippen LogP contribution < -0.4 is 0 Å². The quantitative estimate of drug-likeness (QED) is 0.726. The Balaban J connectivity index is 1.21. The van der Waals surface area contributed by atoms with E-state index in [1.165, 1.54) is 0 Å². The van der Waals surface area contributed by atoms with E-state index in [0.29, 0.717) is 44.7 Å². The Morgan fingerprint density at radius 1 is 1.38 bits per heavy atom. The number of alkyl halides is 2. The molecule has 0 bridgehead atoms. The van der Waals surface area contributed by atoms with Gasteiger partial charge in [0.15, 0.2) is 0 Å². The molecule has 1 aliphatic carbocycles. The first kappa shape index (κ1) is 17.8. The molecule has 2 aliphatic heterocycles. The van der Waals surface area contributed by atoms with E-state index in [2.05, 4.69) is 4.98 Å². The van der Waals surface area contributed by atoms with Gasteiger partial charge in [-0.1, -0.05) is 6.07 Å². The molecule has 1 aromatic rings. The maximum atomic E-state index is 13.0. The Bertz CT molecular complexity index is 635. The first-order valence-electron chi connectivity index (χ1n) is 9.27. The van der Waals surface area contributed by atoms with Crippen molar-refractivity contribution in [3.63, 3.8) is 0 Å². The SMILES string of the molecule is O=C(C1CC(F)(F)C1)N1C[C@H]2[C@@H](CCOCc3cccnc3)CO[C@H]2C1. The normalized spacial score (nSPS) is 30.2. The molecule has 0 N–H and O–H groups in total. The molecule has 26 heavy (non-hydrogen) atoms. The van der Waals surface area contributed by atoms with Crippen LogP contribution in [0.3, 0.4) is 0 Å². The summed E-state index contributed by atoms with van der Waals surface area (Å²) in [6.07, 6.45) is 3.85. The number of hydrogen-bond acceptors (Lipinski definition) is 4. The highest BCUT2D eigenvalue weighted by Crippen LogP contribution is 2.44. The van der Waals surface area contributed by atoms with Gasteiger partial charge in [-0.05, 0) is 24.0 Å². The van der Waals surface area contributed by atoms with Crippen LogP contribution in [-0.4, -0.2) is 54.1 Å². The molecule has 3 atom stereocenters. The number of likely N-dealkylation sites (tertiary alicyclic amines) is 1. The van der Waals surface area contributed by atoms with Crippen molar-refractivity contribution < 1.29 is 23.0 Å². The smallest absolute Gasteiger partial charge is 0.249 e.